The molecule has 0 radical (unpaired) electrons. The molecule has 4 heteroatoms. The van der Waals surface area contributed by atoms with Gasteiger partial charge < -0.3 is 14.8 Å². The van der Waals surface area contributed by atoms with Crippen molar-refractivity contribution in [2.45, 2.75) is 32.2 Å². The Labute approximate surface area is 114 Å². The summed E-state index contributed by atoms with van der Waals surface area (Å²) in [7, 11) is 1.63. The lowest BCUT2D eigenvalue weighted by Gasteiger charge is -2.45. The van der Waals surface area contributed by atoms with Crippen molar-refractivity contribution in [1.82, 2.24) is 0 Å². The van der Waals surface area contributed by atoms with Crippen LogP contribution in [-0.2, 0) is 9.53 Å². The van der Waals surface area contributed by atoms with E-state index in [1.807, 2.05) is 31.2 Å². The van der Waals surface area contributed by atoms with Crippen LogP contribution < -0.4 is 10.1 Å². The molecule has 0 saturated heterocycles. The van der Waals surface area contributed by atoms with Gasteiger partial charge in [0.2, 0.25) is 0 Å². The van der Waals surface area contributed by atoms with Gasteiger partial charge in [-0.15, -0.1) is 0 Å². The van der Waals surface area contributed by atoms with Crippen molar-refractivity contribution >= 4 is 11.7 Å². The maximum absolute atomic E-state index is 12.1. The number of carbonyl (C=O) groups excluding carboxylic acids is 1. The second kappa shape index (κ2) is 5.51. The number of rotatable bonds is 5. The second-order valence-corrected chi connectivity index (χ2v) is 5.17. The summed E-state index contributed by atoms with van der Waals surface area (Å²) in [5.74, 6) is 1.16. The molecule has 0 bridgehead atoms. The maximum Gasteiger partial charge on any atom is 0.331 e. The average molecular weight is 263 g/mol. The monoisotopic (exact) mass is 263 g/mol. The van der Waals surface area contributed by atoms with Crippen molar-refractivity contribution in [3.63, 3.8) is 0 Å². The normalized spacial score (nSPS) is 25.3. The molecular weight excluding hydrogens is 242 g/mol. The summed E-state index contributed by atoms with van der Waals surface area (Å²) in [4.78, 5) is 12.1. The molecule has 1 N–H and O–H groups in total. The summed E-state index contributed by atoms with van der Waals surface area (Å²) >= 11 is 0. The van der Waals surface area contributed by atoms with E-state index >= 15 is 0 Å². The number of esters is 1. The van der Waals surface area contributed by atoms with Crippen molar-refractivity contribution in [3.05, 3.63) is 24.3 Å². The molecule has 1 saturated carbocycles. The zero-order chi connectivity index (χ0) is 13.9. The predicted octanol–water partition coefficient (Wildman–Crippen LogP) is 2.84. The van der Waals surface area contributed by atoms with Crippen LogP contribution in [0, 0.1) is 5.92 Å². The Balaban J connectivity index is 2.14. The molecular formula is C15H21NO3. The molecule has 4 nitrogen and oxygen atoms in total. The number of anilines is 1. The van der Waals surface area contributed by atoms with E-state index in [1.165, 1.54) is 0 Å². The molecule has 0 spiro atoms. The molecule has 0 amide bonds. The summed E-state index contributed by atoms with van der Waals surface area (Å²) < 4.78 is 10.4. The van der Waals surface area contributed by atoms with Gasteiger partial charge in [0.15, 0.2) is 0 Å². The van der Waals surface area contributed by atoms with Gasteiger partial charge in [-0.05, 0) is 37.8 Å². The van der Waals surface area contributed by atoms with Crippen molar-refractivity contribution in [2.75, 3.05) is 19.0 Å². The van der Waals surface area contributed by atoms with E-state index in [0.717, 1.165) is 24.3 Å². The molecule has 1 aromatic rings. The summed E-state index contributed by atoms with van der Waals surface area (Å²) in [5, 5.41) is 3.33. The largest absolute Gasteiger partial charge is 0.497 e. The van der Waals surface area contributed by atoms with Crippen molar-refractivity contribution in [2.24, 2.45) is 5.92 Å². The minimum absolute atomic E-state index is 0.157. The highest BCUT2D eigenvalue weighted by Gasteiger charge is 2.49. The van der Waals surface area contributed by atoms with Crippen molar-refractivity contribution in [1.29, 1.82) is 0 Å². The third-order valence-electron chi connectivity index (χ3n) is 3.51. The topological polar surface area (TPSA) is 47.6 Å². The molecule has 2 rings (SSSR count). The molecule has 0 aromatic heterocycles. The standard InChI is InChI=1S/C15H21NO3/c1-4-19-14(17)15(9-11(2)10-15)16-12-6-5-7-13(8-12)18-3/h5-8,11,16H,4,9-10H2,1-3H3. The first-order valence-corrected chi connectivity index (χ1v) is 6.69. The third-order valence-corrected chi connectivity index (χ3v) is 3.51. The van der Waals surface area contributed by atoms with Crippen LogP contribution in [0.15, 0.2) is 24.3 Å². The van der Waals surface area contributed by atoms with Gasteiger partial charge in [-0.1, -0.05) is 13.0 Å². The molecule has 0 atom stereocenters. The minimum atomic E-state index is -0.568. The number of carbonyl (C=O) groups is 1. The van der Waals surface area contributed by atoms with Crippen molar-refractivity contribution in [3.8, 4) is 5.75 Å². The SMILES string of the molecule is CCOC(=O)C1(Nc2cccc(OC)c2)CC(C)C1. The maximum atomic E-state index is 12.1. The molecule has 1 aromatic carbocycles. The summed E-state index contributed by atoms with van der Waals surface area (Å²) in [5.41, 5.74) is 0.321. The van der Waals surface area contributed by atoms with E-state index in [9.17, 15) is 4.79 Å². The number of nitrogens with one attached hydrogen (secondary N) is 1. The van der Waals surface area contributed by atoms with Crippen LogP contribution in [0.1, 0.15) is 26.7 Å². The van der Waals surface area contributed by atoms with Gasteiger partial charge in [0.05, 0.1) is 13.7 Å². The summed E-state index contributed by atoms with van der Waals surface area (Å²) in [6.45, 7) is 4.39. The smallest absolute Gasteiger partial charge is 0.331 e. The Bertz CT molecular complexity index is 452. The van der Waals surface area contributed by atoms with E-state index in [4.69, 9.17) is 9.47 Å². The van der Waals surface area contributed by atoms with Gasteiger partial charge >= 0.3 is 5.97 Å². The highest BCUT2D eigenvalue weighted by atomic mass is 16.5. The van der Waals surface area contributed by atoms with Gasteiger partial charge in [-0.2, -0.15) is 0 Å². The Morgan fingerprint density at radius 3 is 2.79 bits per heavy atom. The van der Waals surface area contributed by atoms with E-state index in [-0.39, 0.29) is 5.97 Å². The zero-order valence-corrected chi connectivity index (χ0v) is 11.7. The molecule has 1 fully saturated rings. The Kier molecular flexibility index (Phi) is 3.98. The number of hydrogen-bond donors (Lipinski definition) is 1. The van der Waals surface area contributed by atoms with Crippen LogP contribution in [0.25, 0.3) is 0 Å². The van der Waals surface area contributed by atoms with Crippen LogP contribution in [0.2, 0.25) is 0 Å². The van der Waals surface area contributed by atoms with E-state index < -0.39 is 5.54 Å². The van der Waals surface area contributed by atoms with Crippen LogP contribution in [-0.4, -0.2) is 25.2 Å². The van der Waals surface area contributed by atoms with Gasteiger partial charge in [0.25, 0.3) is 0 Å². The van der Waals surface area contributed by atoms with Crippen molar-refractivity contribution < 1.29 is 14.3 Å². The van der Waals surface area contributed by atoms with E-state index in [0.29, 0.717) is 12.5 Å². The van der Waals surface area contributed by atoms with Gasteiger partial charge in [-0.25, -0.2) is 4.79 Å². The Hall–Kier alpha value is -1.71. The lowest BCUT2D eigenvalue weighted by molar-refractivity contribution is -0.153. The lowest BCUT2D eigenvalue weighted by Crippen LogP contribution is -2.56. The Morgan fingerprint density at radius 1 is 1.47 bits per heavy atom. The number of methoxy groups -OCH3 is 1. The van der Waals surface area contributed by atoms with Crippen LogP contribution in [0.3, 0.4) is 0 Å². The van der Waals surface area contributed by atoms with Gasteiger partial charge in [0.1, 0.15) is 11.3 Å². The molecule has 104 valence electrons. The molecule has 0 heterocycles. The van der Waals surface area contributed by atoms with Gasteiger partial charge in [0, 0.05) is 11.8 Å². The van der Waals surface area contributed by atoms with E-state index in [1.54, 1.807) is 7.11 Å². The molecule has 0 unspecified atom stereocenters. The number of benzene rings is 1. The number of ether oxygens (including phenoxy) is 2. The quantitative estimate of drug-likeness (QED) is 0.830. The molecule has 1 aliphatic carbocycles. The third kappa shape index (κ3) is 2.83. The first kappa shape index (κ1) is 13.7. The molecule has 1 aliphatic rings. The zero-order valence-electron chi connectivity index (χ0n) is 11.7. The highest BCUT2D eigenvalue weighted by Crippen LogP contribution is 2.41. The van der Waals surface area contributed by atoms with Crippen LogP contribution in [0.5, 0.6) is 5.75 Å². The van der Waals surface area contributed by atoms with Crippen LogP contribution >= 0.6 is 0 Å². The Morgan fingerprint density at radius 2 is 2.21 bits per heavy atom. The molecule has 0 aliphatic heterocycles. The summed E-state index contributed by atoms with van der Waals surface area (Å²) in [6, 6.07) is 7.62. The highest BCUT2D eigenvalue weighted by molar-refractivity contribution is 5.86. The minimum Gasteiger partial charge on any atom is -0.497 e. The first-order chi connectivity index (χ1) is 9.09. The first-order valence-electron chi connectivity index (χ1n) is 6.69. The fraction of sp³-hybridized carbons (Fsp3) is 0.533. The predicted molar refractivity (Wildman–Crippen MR) is 74.4 cm³/mol. The fourth-order valence-corrected chi connectivity index (χ4v) is 2.70. The van der Waals surface area contributed by atoms with Crippen LogP contribution in [0.4, 0.5) is 5.69 Å². The summed E-state index contributed by atoms with van der Waals surface area (Å²) in [6.07, 6.45) is 1.62. The fourth-order valence-electron chi connectivity index (χ4n) is 2.70. The average Bonchev–Trinajstić information content (AvgIpc) is 2.37. The lowest BCUT2D eigenvalue weighted by atomic mass is 9.69. The molecule has 19 heavy (non-hydrogen) atoms. The number of hydrogen-bond acceptors (Lipinski definition) is 4. The van der Waals surface area contributed by atoms with E-state index in [2.05, 4.69) is 12.2 Å². The second-order valence-electron chi connectivity index (χ2n) is 5.17. The van der Waals surface area contributed by atoms with Gasteiger partial charge in [-0.3, -0.25) is 0 Å².